The number of morpholine rings is 1. The van der Waals surface area contributed by atoms with E-state index in [1.165, 1.54) is 18.9 Å². The van der Waals surface area contributed by atoms with Gasteiger partial charge < -0.3 is 14.2 Å². The van der Waals surface area contributed by atoms with Crippen LogP contribution in [0.3, 0.4) is 0 Å². The molecule has 0 aliphatic carbocycles. The quantitative estimate of drug-likeness (QED) is 0.655. The summed E-state index contributed by atoms with van der Waals surface area (Å²) in [6.07, 6.45) is 0.775. The fraction of sp³-hybridized carbons (Fsp3) is 0.579. The number of carbonyl (C=O) groups is 1. The zero-order chi connectivity index (χ0) is 19.9. The lowest BCUT2D eigenvalue weighted by molar-refractivity contribution is 0.0354. The Morgan fingerprint density at radius 1 is 1.29 bits per heavy atom. The van der Waals surface area contributed by atoms with Crippen molar-refractivity contribution in [1.82, 2.24) is 9.91 Å². The third kappa shape index (κ3) is 4.95. The summed E-state index contributed by atoms with van der Waals surface area (Å²) in [6.45, 7) is 5.59. The SMILES string of the molecule is CCC1SC(=O)N(CCN2CCOCC2)N=C1c1ccc(OCF)c(OC)c1. The van der Waals surface area contributed by atoms with E-state index >= 15 is 0 Å². The van der Waals surface area contributed by atoms with E-state index in [2.05, 4.69) is 10.0 Å². The minimum absolute atomic E-state index is 0.0341. The van der Waals surface area contributed by atoms with Gasteiger partial charge in [0, 0.05) is 25.2 Å². The van der Waals surface area contributed by atoms with Gasteiger partial charge in [-0.1, -0.05) is 18.7 Å². The van der Waals surface area contributed by atoms with E-state index in [1.807, 2.05) is 13.0 Å². The van der Waals surface area contributed by atoms with Crippen molar-refractivity contribution < 1.29 is 23.4 Å². The maximum absolute atomic E-state index is 12.5. The number of benzene rings is 1. The highest BCUT2D eigenvalue weighted by atomic mass is 32.2. The molecule has 0 radical (unpaired) electrons. The van der Waals surface area contributed by atoms with Crippen LogP contribution in [0.5, 0.6) is 11.5 Å². The molecule has 1 saturated heterocycles. The van der Waals surface area contributed by atoms with Crippen LogP contribution < -0.4 is 9.47 Å². The molecule has 9 heteroatoms. The zero-order valence-corrected chi connectivity index (χ0v) is 17.0. The second-order valence-corrected chi connectivity index (χ2v) is 7.62. The molecule has 7 nitrogen and oxygen atoms in total. The first-order valence-electron chi connectivity index (χ1n) is 9.40. The lowest BCUT2D eigenvalue weighted by Crippen LogP contribution is -2.43. The summed E-state index contributed by atoms with van der Waals surface area (Å²) in [6, 6.07) is 5.27. The number of amides is 1. The molecule has 0 bridgehead atoms. The Morgan fingerprint density at radius 2 is 2.07 bits per heavy atom. The van der Waals surface area contributed by atoms with Gasteiger partial charge in [-0.25, -0.2) is 9.40 Å². The number of hydrogen-bond acceptors (Lipinski definition) is 7. The van der Waals surface area contributed by atoms with Crippen LogP contribution >= 0.6 is 11.8 Å². The molecule has 0 spiro atoms. The first-order chi connectivity index (χ1) is 13.7. The predicted octanol–water partition coefficient (Wildman–Crippen LogP) is 2.98. The zero-order valence-electron chi connectivity index (χ0n) is 16.2. The molecule has 2 heterocycles. The lowest BCUT2D eigenvalue weighted by atomic mass is 10.0. The van der Waals surface area contributed by atoms with Crippen molar-refractivity contribution in [1.29, 1.82) is 0 Å². The van der Waals surface area contributed by atoms with E-state index < -0.39 is 6.86 Å². The minimum atomic E-state index is -0.923. The van der Waals surface area contributed by atoms with Gasteiger partial charge >= 0.3 is 5.24 Å². The first kappa shape index (κ1) is 20.9. The Morgan fingerprint density at radius 3 is 2.75 bits per heavy atom. The normalized spacial score (nSPS) is 20.8. The summed E-state index contributed by atoms with van der Waals surface area (Å²) >= 11 is 1.29. The molecule has 0 saturated carbocycles. The number of carbonyl (C=O) groups excluding carboxylic acids is 1. The summed E-state index contributed by atoms with van der Waals surface area (Å²) in [4.78, 5) is 14.8. The Hall–Kier alpha value is -1.84. The van der Waals surface area contributed by atoms with Crippen molar-refractivity contribution in [2.75, 3.05) is 53.4 Å². The predicted molar refractivity (Wildman–Crippen MR) is 107 cm³/mol. The summed E-state index contributed by atoms with van der Waals surface area (Å²) < 4.78 is 28.2. The molecule has 2 aliphatic heterocycles. The molecule has 1 unspecified atom stereocenters. The van der Waals surface area contributed by atoms with Gasteiger partial charge in [-0.05, 0) is 24.6 Å². The summed E-state index contributed by atoms with van der Waals surface area (Å²) in [5, 5.41) is 6.14. The Bertz CT molecular complexity index is 712. The Kier molecular flexibility index (Phi) is 7.52. The molecule has 1 amide bonds. The molecule has 28 heavy (non-hydrogen) atoms. The molecule has 1 aromatic carbocycles. The Labute approximate surface area is 168 Å². The highest BCUT2D eigenvalue weighted by Crippen LogP contribution is 2.33. The van der Waals surface area contributed by atoms with E-state index in [4.69, 9.17) is 14.2 Å². The van der Waals surface area contributed by atoms with Crippen LogP contribution in [0.15, 0.2) is 23.3 Å². The van der Waals surface area contributed by atoms with E-state index in [0.29, 0.717) is 18.0 Å². The highest BCUT2D eigenvalue weighted by Gasteiger charge is 2.30. The maximum atomic E-state index is 12.5. The van der Waals surface area contributed by atoms with Gasteiger partial charge in [0.15, 0.2) is 11.5 Å². The first-order valence-corrected chi connectivity index (χ1v) is 10.3. The van der Waals surface area contributed by atoms with Gasteiger partial charge in [-0.3, -0.25) is 9.69 Å². The molecule has 1 atom stereocenters. The minimum Gasteiger partial charge on any atom is -0.493 e. The highest BCUT2D eigenvalue weighted by molar-refractivity contribution is 8.14. The van der Waals surface area contributed by atoms with Crippen LogP contribution in [-0.2, 0) is 4.74 Å². The van der Waals surface area contributed by atoms with Crippen molar-refractivity contribution in [3.63, 3.8) is 0 Å². The van der Waals surface area contributed by atoms with Crippen LogP contribution in [0.4, 0.5) is 9.18 Å². The fourth-order valence-electron chi connectivity index (χ4n) is 3.20. The second-order valence-electron chi connectivity index (χ2n) is 6.46. The average molecular weight is 411 g/mol. The molecule has 3 rings (SSSR count). The number of hydrogen-bond donors (Lipinski definition) is 0. The summed E-state index contributed by atoms with van der Waals surface area (Å²) in [7, 11) is 1.51. The average Bonchev–Trinajstić information content (AvgIpc) is 2.74. The number of alkyl halides is 1. The van der Waals surface area contributed by atoms with Gasteiger partial charge in [0.2, 0.25) is 6.86 Å². The van der Waals surface area contributed by atoms with Gasteiger partial charge in [-0.2, -0.15) is 5.10 Å². The van der Waals surface area contributed by atoms with Crippen LogP contribution in [0, 0.1) is 0 Å². The Balaban J connectivity index is 1.80. The molecular weight excluding hydrogens is 385 g/mol. The number of hydrazone groups is 1. The van der Waals surface area contributed by atoms with Crippen molar-refractivity contribution in [2.24, 2.45) is 5.10 Å². The third-order valence-corrected chi connectivity index (χ3v) is 6.01. The summed E-state index contributed by atoms with van der Waals surface area (Å²) in [5.74, 6) is 0.778. The molecular formula is C19H26FN3O4S. The number of methoxy groups -OCH3 is 1. The van der Waals surface area contributed by atoms with E-state index in [-0.39, 0.29) is 10.5 Å². The molecule has 0 N–H and O–H groups in total. The van der Waals surface area contributed by atoms with E-state index in [1.54, 1.807) is 17.1 Å². The number of nitrogens with zero attached hydrogens (tertiary/aromatic N) is 3. The van der Waals surface area contributed by atoms with Crippen molar-refractivity contribution in [3.05, 3.63) is 23.8 Å². The van der Waals surface area contributed by atoms with Crippen LogP contribution in [0.2, 0.25) is 0 Å². The third-order valence-electron chi connectivity index (χ3n) is 4.76. The standard InChI is InChI=1S/C19H26FN3O4S/c1-3-17-18(14-4-5-15(27-13-20)16(12-14)25-2)21-23(19(24)28-17)7-6-22-8-10-26-11-9-22/h4-5,12,17H,3,6-11,13H2,1-2H3. The van der Waals surface area contributed by atoms with Gasteiger partial charge in [-0.15, -0.1) is 0 Å². The number of thioether (sulfide) groups is 1. The summed E-state index contributed by atoms with van der Waals surface area (Å²) in [5.41, 5.74) is 1.66. The van der Waals surface area contributed by atoms with E-state index in [0.717, 1.165) is 50.5 Å². The van der Waals surface area contributed by atoms with Crippen molar-refractivity contribution in [3.8, 4) is 11.5 Å². The molecule has 0 aromatic heterocycles. The molecule has 1 aromatic rings. The van der Waals surface area contributed by atoms with Gasteiger partial charge in [0.25, 0.3) is 0 Å². The van der Waals surface area contributed by atoms with Crippen molar-refractivity contribution in [2.45, 2.75) is 18.6 Å². The largest absolute Gasteiger partial charge is 0.493 e. The van der Waals surface area contributed by atoms with Crippen LogP contribution in [0.25, 0.3) is 0 Å². The van der Waals surface area contributed by atoms with Gasteiger partial charge in [0.1, 0.15) is 0 Å². The molecule has 2 aliphatic rings. The van der Waals surface area contributed by atoms with Gasteiger partial charge in [0.05, 0.1) is 37.8 Å². The van der Waals surface area contributed by atoms with Crippen LogP contribution in [-0.4, -0.2) is 79.5 Å². The van der Waals surface area contributed by atoms with Crippen molar-refractivity contribution >= 4 is 22.7 Å². The lowest BCUT2D eigenvalue weighted by Gasteiger charge is -2.31. The second kappa shape index (κ2) is 10.1. The molecule has 1 fully saturated rings. The maximum Gasteiger partial charge on any atom is 0.302 e. The molecule has 154 valence electrons. The number of rotatable bonds is 8. The topological polar surface area (TPSA) is 63.6 Å². The number of halogens is 1. The monoisotopic (exact) mass is 411 g/mol. The number of ether oxygens (including phenoxy) is 3. The van der Waals surface area contributed by atoms with E-state index in [9.17, 15) is 9.18 Å². The van der Waals surface area contributed by atoms with Crippen LogP contribution in [0.1, 0.15) is 18.9 Å². The smallest absolute Gasteiger partial charge is 0.302 e. The fourth-order valence-corrected chi connectivity index (χ4v) is 4.16.